The first-order valence-electron chi connectivity index (χ1n) is 12.4. The predicted octanol–water partition coefficient (Wildman–Crippen LogP) is 4.50. The molecule has 3 rings (SSSR count). The van der Waals surface area contributed by atoms with E-state index in [1.54, 1.807) is 24.3 Å². The average Bonchev–Trinajstić information content (AvgIpc) is 2.86. The average molecular weight is 556 g/mol. The Bertz CT molecular complexity index is 1340. The first-order chi connectivity index (χ1) is 18.0. The van der Waals surface area contributed by atoms with Crippen molar-refractivity contribution < 1.29 is 18.0 Å². The summed E-state index contributed by atoms with van der Waals surface area (Å²) in [6, 6.07) is 21.1. The van der Waals surface area contributed by atoms with E-state index < -0.39 is 28.5 Å². The molecule has 7 nitrogen and oxygen atoms in total. The highest BCUT2D eigenvalue weighted by atomic mass is 35.5. The standard InChI is InChI=1S/C29H34ClN3O4S/c1-5-31-29(35)26(18-23-12-7-6-8-13-23)32(19-24-14-16-25(30)17-15-24)27(34)20-33(38(4,36)37)28-21(2)10-9-11-22(28)3/h6-17,26H,5,18-20H2,1-4H3,(H,31,35). The van der Waals surface area contributed by atoms with Gasteiger partial charge in [0.2, 0.25) is 21.8 Å². The highest BCUT2D eigenvalue weighted by Gasteiger charge is 2.33. The van der Waals surface area contributed by atoms with Gasteiger partial charge in [-0.1, -0.05) is 72.3 Å². The number of carbonyl (C=O) groups excluding carboxylic acids is 2. The highest BCUT2D eigenvalue weighted by Crippen LogP contribution is 2.27. The second-order valence-electron chi connectivity index (χ2n) is 9.26. The van der Waals surface area contributed by atoms with Gasteiger partial charge in [0.05, 0.1) is 11.9 Å². The Balaban J connectivity index is 2.07. The molecular formula is C29H34ClN3O4S. The molecule has 0 bridgehead atoms. The molecule has 202 valence electrons. The monoisotopic (exact) mass is 555 g/mol. The lowest BCUT2D eigenvalue weighted by molar-refractivity contribution is -0.140. The summed E-state index contributed by atoms with van der Waals surface area (Å²) in [7, 11) is -3.82. The second-order valence-corrected chi connectivity index (χ2v) is 11.6. The zero-order valence-electron chi connectivity index (χ0n) is 22.1. The lowest BCUT2D eigenvalue weighted by Crippen LogP contribution is -2.53. The molecule has 3 aromatic rings. The number of anilines is 1. The molecule has 0 aliphatic heterocycles. The molecule has 9 heteroatoms. The molecule has 0 saturated heterocycles. The number of para-hydroxylation sites is 1. The molecule has 0 spiro atoms. The fourth-order valence-corrected chi connectivity index (χ4v) is 5.50. The third-order valence-electron chi connectivity index (χ3n) is 6.26. The van der Waals surface area contributed by atoms with Crippen LogP contribution in [0.15, 0.2) is 72.8 Å². The Morgan fingerprint density at radius 1 is 0.895 bits per heavy atom. The number of benzene rings is 3. The van der Waals surface area contributed by atoms with Gasteiger partial charge in [-0.2, -0.15) is 0 Å². The minimum absolute atomic E-state index is 0.106. The van der Waals surface area contributed by atoms with Crippen molar-refractivity contribution in [1.82, 2.24) is 10.2 Å². The summed E-state index contributed by atoms with van der Waals surface area (Å²) in [5.74, 6) is -0.795. The van der Waals surface area contributed by atoms with E-state index in [1.807, 2.05) is 69.3 Å². The van der Waals surface area contributed by atoms with Crippen LogP contribution in [0.1, 0.15) is 29.2 Å². The molecule has 0 aliphatic rings. The smallest absolute Gasteiger partial charge is 0.244 e. The van der Waals surface area contributed by atoms with E-state index in [0.29, 0.717) is 17.3 Å². The summed E-state index contributed by atoms with van der Waals surface area (Å²) < 4.78 is 27.0. The van der Waals surface area contributed by atoms with Gasteiger partial charge in [-0.25, -0.2) is 8.42 Å². The zero-order valence-corrected chi connectivity index (χ0v) is 23.7. The van der Waals surface area contributed by atoms with Gasteiger partial charge in [-0.05, 0) is 55.2 Å². The molecule has 0 fully saturated rings. The number of halogens is 1. The van der Waals surface area contributed by atoms with Gasteiger partial charge in [-0.15, -0.1) is 0 Å². The number of nitrogens with zero attached hydrogens (tertiary/aromatic N) is 2. The van der Waals surface area contributed by atoms with Gasteiger partial charge in [0, 0.05) is 24.5 Å². The number of hydrogen-bond donors (Lipinski definition) is 1. The summed E-state index contributed by atoms with van der Waals surface area (Å²) >= 11 is 6.07. The topological polar surface area (TPSA) is 86.8 Å². The first-order valence-corrected chi connectivity index (χ1v) is 14.6. The summed E-state index contributed by atoms with van der Waals surface area (Å²) in [5.41, 5.74) is 3.58. The lowest BCUT2D eigenvalue weighted by atomic mass is 10.0. The van der Waals surface area contributed by atoms with Crippen LogP contribution in [0.25, 0.3) is 0 Å². The van der Waals surface area contributed by atoms with Crippen LogP contribution < -0.4 is 9.62 Å². The van der Waals surface area contributed by atoms with E-state index in [4.69, 9.17) is 11.6 Å². The number of carbonyl (C=O) groups is 2. The number of hydrogen-bond acceptors (Lipinski definition) is 4. The zero-order chi connectivity index (χ0) is 27.9. The number of aryl methyl sites for hydroxylation is 2. The second kappa shape index (κ2) is 12.9. The van der Waals surface area contributed by atoms with E-state index >= 15 is 0 Å². The molecule has 1 unspecified atom stereocenters. The Labute approximate surface area is 230 Å². The van der Waals surface area contributed by atoms with E-state index in [9.17, 15) is 18.0 Å². The van der Waals surface area contributed by atoms with Crippen molar-refractivity contribution in [2.45, 2.75) is 39.8 Å². The number of likely N-dealkylation sites (N-methyl/N-ethyl adjacent to an activating group) is 1. The SMILES string of the molecule is CCNC(=O)C(Cc1ccccc1)N(Cc1ccc(Cl)cc1)C(=O)CN(c1c(C)cccc1C)S(C)(=O)=O. The number of sulfonamides is 1. The van der Waals surface area contributed by atoms with Crippen LogP contribution in [-0.2, 0) is 32.6 Å². The van der Waals surface area contributed by atoms with Crippen LogP contribution in [0.4, 0.5) is 5.69 Å². The first kappa shape index (κ1) is 29.2. The largest absolute Gasteiger partial charge is 0.355 e. The highest BCUT2D eigenvalue weighted by molar-refractivity contribution is 7.92. The van der Waals surface area contributed by atoms with Gasteiger partial charge in [-0.3, -0.25) is 13.9 Å². The fraction of sp³-hybridized carbons (Fsp3) is 0.310. The Hall–Kier alpha value is -3.36. The van der Waals surface area contributed by atoms with Crippen molar-refractivity contribution in [1.29, 1.82) is 0 Å². The van der Waals surface area contributed by atoms with E-state index in [1.165, 1.54) is 4.90 Å². The molecule has 0 saturated carbocycles. The van der Waals surface area contributed by atoms with Gasteiger partial charge < -0.3 is 10.2 Å². The number of nitrogens with one attached hydrogen (secondary N) is 1. The summed E-state index contributed by atoms with van der Waals surface area (Å²) in [5, 5.41) is 3.39. The predicted molar refractivity (Wildman–Crippen MR) is 153 cm³/mol. The molecular weight excluding hydrogens is 522 g/mol. The van der Waals surface area contributed by atoms with Crippen LogP contribution in [0, 0.1) is 13.8 Å². The third kappa shape index (κ3) is 7.58. The van der Waals surface area contributed by atoms with Crippen LogP contribution in [0.2, 0.25) is 5.02 Å². The molecule has 38 heavy (non-hydrogen) atoms. The van der Waals surface area contributed by atoms with Crippen molar-refractivity contribution in [2.75, 3.05) is 23.7 Å². The van der Waals surface area contributed by atoms with Gasteiger partial charge in [0.15, 0.2) is 0 Å². The molecule has 3 aromatic carbocycles. The van der Waals surface area contributed by atoms with Crippen molar-refractivity contribution in [2.24, 2.45) is 0 Å². The molecule has 0 aliphatic carbocycles. The van der Waals surface area contributed by atoms with Crippen LogP contribution in [0.3, 0.4) is 0 Å². The van der Waals surface area contributed by atoms with E-state index in [2.05, 4.69) is 5.32 Å². The quantitative estimate of drug-likeness (QED) is 0.377. The number of amides is 2. The summed E-state index contributed by atoms with van der Waals surface area (Å²) in [6.07, 6.45) is 1.36. The van der Waals surface area contributed by atoms with Gasteiger partial charge in [0.25, 0.3) is 0 Å². The van der Waals surface area contributed by atoms with E-state index in [0.717, 1.165) is 32.8 Å². The molecule has 2 amide bonds. The van der Waals surface area contributed by atoms with Gasteiger partial charge in [0.1, 0.15) is 12.6 Å². The van der Waals surface area contributed by atoms with Crippen molar-refractivity contribution in [3.05, 3.63) is 100 Å². The summed E-state index contributed by atoms with van der Waals surface area (Å²) in [6.45, 7) is 5.49. The number of rotatable bonds is 11. The fourth-order valence-electron chi connectivity index (χ4n) is 4.41. The third-order valence-corrected chi connectivity index (χ3v) is 7.62. The van der Waals surface area contributed by atoms with Crippen LogP contribution in [-0.4, -0.2) is 50.5 Å². The Morgan fingerprint density at radius 3 is 2.05 bits per heavy atom. The normalized spacial score (nSPS) is 12.0. The summed E-state index contributed by atoms with van der Waals surface area (Å²) in [4.78, 5) is 28.8. The van der Waals surface area contributed by atoms with Crippen LogP contribution in [0.5, 0.6) is 0 Å². The molecule has 0 aromatic heterocycles. The minimum Gasteiger partial charge on any atom is -0.355 e. The minimum atomic E-state index is -3.82. The van der Waals surface area contributed by atoms with Crippen LogP contribution >= 0.6 is 11.6 Å². The van der Waals surface area contributed by atoms with E-state index in [-0.39, 0.29) is 18.9 Å². The van der Waals surface area contributed by atoms with Crippen molar-refractivity contribution in [3.63, 3.8) is 0 Å². The molecule has 0 radical (unpaired) electrons. The maximum absolute atomic E-state index is 14.0. The van der Waals surface area contributed by atoms with Crippen molar-refractivity contribution >= 4 is 39.1 Å². The Morgan fingerprint density at radius 2 is 1.50 bits per heavy atom. The van der Waals surface area contributed by atoms with Gasteiger partial charge >= 0.3 is 0 Å². The maximum atomic E-state index is 14.0. The van der Waals surface area contributed by atoms with Crippen molar-refractivity contribution in [3.8, 4) is 0 Å². The molecule has 1 atom stereocenters. The Kier molecular flexibility index (Phi) is 9.94. The molecule has 0 heterocycles. The maximum Gasteiger partial charge on any atom is 0.244 e. The lowest BCUT2D eigenvalue weighted by Gasteiger charge is -2.34. The molecule has 1 N–H and O–H groups in total.